The number of nitrogens with zero attached hydrogens (tertiary/aromatic N) is 3. The monoisotopic (exact) mass is 626 g/mol. The van der Waals surface area contributed by atoms with E-state index in [1.165, 1.54) is 16.8 Å². The van der Waals surface area contributed by atoms with Crippen molar-refractivity contribution in [1.29, 1.82) is 0 Å². The molecule has 0 bridgehead atoms. The van der Waals surface area contributed by atoms with Crippen LogP contribution in [0.25, 0.3) is 0 Å². The van der Waals surface area contributed by atoms with Gasteiger partial charge in [0.1, 0.15) is 10.8 Å². The van der Waals surface area contributed by atoms with Gasteiger partial charge in [-0.2, -0.15) is 5.10 Å². The number of rotatable bonds is 9. The molecular formula is C30H38ClF3N4O5. The summed E-state index contributed by atoms with van der Waals surface area (Å²) in [6, 6.07) is 5.91. The number of hydrogen-bond acceptors (Lipinski definition) is 8. The van der Waals surface area contributed by atoms with Crippen LogP contribution in [-0.2, 0) is 14.2 Å². The van der Waals surface area contributed by atoms with Crippen LogP contribution in [0.1, 0.15) is 38.6 Å². The van der Waals surface area contributed by atoms with Crippen LogP contribution in [0.2, 0.25) is 5.02 Å². The first-order valence-electron chi connectivity index (χ1n) is 15.1. The van der Waals surface area contributed by atoms with E-state index in [0.29, 0.717) is 81.7 Å². The lowest BCUT2D eigenvalue weighted by Gasteiger charge is -2.40. The second kappa shape index (κ2) is 12.8. The van der Waals surface area contributed by atoms with Crippen LogP contribution < -0.4 is 20.5 Å². The molecule has 0 spiro atoms. The quantitative estimate of drug-likeness (QED) is 0.410. The summed E-state index contributed by atoms with van der Waals surface area (Å²) >= 11 is 6.55. The summed E-state index contributed by atoms with van der Waals surface area (Å²) in [6.07, 6.45) is -0.344. The molecule has 1 N–H and O–H groups in total. The maximum Gasteiger partial charge on any atom is 0.573 e. The molecule has 13 heteroatoms. The molecule has 2 saturated carbocycles. The fourth-order valence-corrected chi connectivity index (χ4v) is 7.33. The largest absolute Gasteiger partial charge is 0.573 e. The van der Waals surface area contributed by atoms with Gasteiger partial charge in [-0.05, 0) is 67.7 Å². The zero-order valence-corrected chi connectivity index (χ0v) is 24.9. The first-order chi connectivity index (χ1) is 20.7. The summed E-state index contributed by atoms with van der Waals surface area (Å²) in [5.74, 6) is 2.10. The average Bonchev–Trinajstić information content (AvgIpc) is 3.67. The van der Waals surface area contributed by atoms with Crippen LogP contribution in [-0.4, -0.2) is 74.4 Å². The molecule has 236 valence electrons. The van der Waals surface area contributed by atoms with Crippen LogP contribution in [0, 0.1) is 23.7 Å². The van der Waals surface area contributed by atoms with E-state index in [9.17, 15) is 18.0 Å². The number of benzene rings is 1. The predicted octanol–water partition coefficient (Wildman–Crippen LogP) is 5.14. The minimum Gasteiger partial charge on any atom is -0.406 e. The van der Waals surface area contributed by atoms with Gasteiger partial charge < -0.3 is 29.2 Å². The van der Waals surface area contributed by atoms with Crippen molar-refractivity contribution in [1.82, 2.24) is 9.78 Å². The Labute approximate surface area is 253 Å². The molecule has 4 aliphatic rings. The molecule has 2 aliphatic carbocycles. The Bertz CT molecular complexity index is 1300. The lowest BCUT2D eigenvalue weighted by atomic mass is 9.89. The number of nitrogens with one attached hydrogen (secondary N) is 1. The molecule has 4 fully saturated rings. The first kappa shape index (κ1) is 30.5. The Kier molecular flexibility index (Phi) is 9.09. The van der Waals surface area contributed by atoms with Crippen molar-refractivity contribution < 1.29 is 32.1 Å². The van der Waals surface area contributed by atoms with Gasteiger partial charge in [-0.25, -0.2) is 4.68 Å². The fraction of sp³-hybridized carbons (Fsp3) is 0.667. The molecule has 3 heterocycles. The topological polar surface area (TPSA) is 87.1 Å². The highest BCUT2D eigenvalue weighted by molar-refractivity contribution is 6.32. The number of halogens is 4. The minimum absolute atomic E-state index is 0.0922. The molecule has 1 aromatic carbocycles. The summed E-state index contributed by atoms with van der Waals surface area (Å²) in [7, 11) is 0. The summed E-state index contributed by atoms with van der Waals surface area (Å²) < 4.78 is 60.8. The van der Waals surface area contributed by atoms with E-state index in [4.69, 9.17) is 25.8 Å². The van der Waals surface area contributed by atoms with Crippen molar-refractivity contribution in [2.45, 2.75) is 57.2 Å². The van der Waals surface area contributed by atoms with Gasteiger partial charge in [-0.3, -0.25) is 4.79 Å². The van der Waals surface area contributed by atoms with Gasteiger partial charge in [0.25, 0.3) is 5.56 Å². The standard InChI is InChI=1S/C30H38ClF3N4O5/c1-18-25-17-41-15-19(27(18)25)12-35-26-13-36-38(29(39)28(26)31)22-4-2-20(3-5-22)37(14-24-16-40-10-11-42-24)21-6-8-23(9-7-21)43-30(32,33)34/h6-9,13,18-20,22,24-25,27,35H,2-5,10-12,14-17H2,1H3/t18-,19+,20-,22-,24+,25+,27+/m0/s1. The summed E-state index contributed by atoms with van der Waals surface area (Å²) in [6.45, 7) is 6.54. The maximum atomic E-state index is 13.3. The van der Waals surface area contributed by atoms with Crippen molar-refractivity contribution in [2.24, 2.45) is 23.7 Å². The maximum absolute atomic E-state index is 13.3. The highest BCUT2D eigenvalue weighted by Crippen LogP contribution is 2.53. The number of ether oxygens (including phenoxy) is 4. The lowest BCUT2D eigenvalue weighted by Crippen LogP contribution is -2.46. The summed E-state index contributed by atoms with van der Waals surface area (Å²) in [5, 5.41) is 7.99. The molecule has 6 rings (SSSR count). The van der Waals surface area contributed by atoms with Crippen molar-refractivity contribution in [3.05, 3.63) is 45.8 Å². The molecule has 9 nitrogen and oxygen atoms in total. The van der Waals surface area contributed by atoms with Crippen LogP contribution in [0.3, 0.4) is 0 Å². The molecule has 2 aliphatic heterocycles. The van der Waals surface area contributed by atoms with Crippen LogP contribution >= 0.6 is 11.6 Å². The highest BCUT2D eigenvalue weighted by atomic mass is 35.5. The number of fused-ring (bicyclic) bond motifs is 1. The van der Waals surface area contributed by atoms with Crippen LogP contribution in [0.5, 0.6) is 5.75 Å². The van der Waals surface area contributed by atoms with Crippen LogP contribution in [0.15, 0.2) is 35.3 Å². The second-order valence-corrected chi connectivity index (χ2v) is 12.5. The average molecular weight is 627 g/mol. The lowest BCUT2D eigenvalue weighted by molar-refractivity contribution is -0.274. The van der Waals surface area contributed by atoms with Gasteiger partial charge in [0.2, 0.25) is 0 Å². The second-order valence-electron chi connectivity index (χ2n) is 12.1. The third-order valence-electron chi connectivity index (χ3n) is 9.46. The number of anilines is 2. The zero-order valence-electron chi connectivity index (χ0n) is 24.1. The smallest absolute Gasteiger partial charge is 0.406 e. The van der Waals surface area contributed by atoms with E-state index in [1.54, 1.807) is 18.3 Å². The van der Waals surface area contributed by atoms with Crippen molar-refractivity contribution in [2.75, 3.05) is 56.3 Å². The molecular weight excluding hydrogens is 589 g/mol. The van der Waals surface area contributed by atoms with E-state index in [0.717, 1.165) is 25.1 Å². The molecule has 5 atom stereocenters. The van der Waals surface area contributed by atoms with Gasteiger partial charge in [0.05, 0.1) is 50.5 Å². The summed E-state index contributed by atoms with van der Waals surface area (Å²) in [5.41, 5.74) is 1.01. The molecule has 1 aromatic heterocycles. The third kappa shape index (κ3) is 7.08. The van der Waals surface area contributed by atoms with Crippen molar-refractivity contribution >= 4 is 23.0 Å². The van der Waals surface area contributed by atoms with E-state index >= 15 is 0 Å². The number of hydrogen-bond donors (Lipinski definition) is 1. The molecule has 2 saturated heterocycles. The Morgan fingerprint density at radius 2 is 1.86 bits per heavy atom. The molecule has 0 unspecified atom stereocenters. The Morgan fingerprint density at radius 3 is 2.56 bits per heavy atom. The van der Waals surface area contributed by atoms with Gasteiger partial charge in [-0.1, -0.05) is 18.5 Å². The van der Waals surface area contributed by atoms with Crippen molar-refractivity contribution in [3.8, 4) is 5.75 Å². The van der Waals surface area contributed by atoms with Gasteiger partial charge in [0, 0.05) is 37.3 Å². The zero-order chi connectivity index (χ0) is 30.1. The minimum atomic E-state index is -4.75. The Morgan fingerprint density at radius 1 is 1.09 bits per heavy atom. The first-order valence-corrected chi connectivity index (χ1v) is 15.5. The van der Waals surface area contributed by atoms with E-state index in [1.807, 2.05) is 0 Å². The Balaban J connectivity index is 1.10. The normalized spacial score (nSPS) is 30.8. The highest BCUT2D eigenvalue weighted by Gasteiger charge is 2.53. The summed E-state index contributed by atoms with van der Waals surface area (Å²) in [4.78, 5) is 15.4. The van der Waals surface area contributed by atoms with Gasteiger partial charge in [0.15, 0.2) is 0 Å². The van der Waals surface area contributed by atoms with Gasteiger partial charge >= 0.3 is 6.36 Å². The predicted molar refractivity (Wildman–Crippen MR) is 155 cm³/mol. The number of aromatic nitrogens is 2. The van der Waals surface area contributed by atoms with E-state index in [-0.39, 0.29) is 34.5 Å². The van der Waals surface area contributed by atoms with Gasteiger partial charge in [-0.15, -0.1) is 13.2 Å². The molecule has 43 heavy (non-hydrogen) atoms. The third-order valence-corrected chi connectivity index (χ3v) is 9.83. The molecule has 0 amide bonds. The fourth-order valence-electron chi connectivity index (χ4n) is 7.13. The van der Waals surface area contributed by atoms with E-state index in [2.05, 4.69) is 27.0 Å². The SMILES string of the molecule is C[C@H]1[C@H]2COC[C@@H](CNc3cnn([C@H]4CC[C@H](N(C[C@@H]5COCCO5)c5ccc(OC(F)(F)F)cc5)CC4)c(=O)c3Cl)[C@@H]12. The van der Waals surface area contributed by atoms with Crippen LogP contribution in [0.4, 0.5) is 24.5 Å². The molecule has 0 radical (unpaired) electrons. The Hall–Kier alpha value is -2.54. The molecule has 2 aromatic rings. The van der Waals surface area contributed by atoms with E-state index < -0.39 is 6.36 Å². The van der Waals surface area contributed by atoms with Crippen molar-refractivity contribution in [3.63, 3.8) is 0 Å². The number of alkyl halides is 3.